The van der Waals surface area contributed by atoms with Crippen LogP contribution in [0.4, 0.5) is 8.78 Å². The van der Waals surface area contributed by atoms with Gasteiger partial charge in [0.1, 0.15) is 12.3 Å². The molecule has 1 aromatic rings. The van der Waals surface area contributed by atoms with E-state index in [0.717, 1.165) is 25.3 Å². The number of alkyl halides is 2. The number of nitrogens with one attached hydrogen (secondary N) is 2. The molecule has 220 valence electrons. The van der Waals surface area contributed by atoms with Crippen molar-refractivity contribution in [3.05, 3.63) is 34.9 Å². The third-order valence-corrected chi connectivity index (χ3v) is 12.4. The van der Waals surface area contributed by atoms with Crippen molar-refractivity contribution < 1.29 is 52.0 Å². The zero-order valence-corrected chi connectivity index (χ0v) is 24.3. The van der Waals surface area contributed by atoms with Crippen LogP contribution in [0, 0.1) is 0 Å². The lowest BCUT2D eigenvalue weighted by Gasteiger charge is -2.18. The van der Waals surface area contributed by atoms with Gasteiger partial charge in [0.05, 0.1) is 35.7 Å². The maximum Gasteiger partial charge on any atom is 0.338 e. The first kappa shape index (κ1) is 34.3. The molecule has 0 saturated carbocycles. The van der Waals surface area contributed by atoms with Crippen molar-refractivity contribution in [3.63, 3.8) is 0 Å². The summed E-state index contributed by atoms with van der Waals surface area (Å²) in [6, 6.07) is 3.32. The van der Waals surface area contributed by atoms with E-state index < -0.39 is 111 Å². The van der Waals surface area contributed by atoms with Gasteiger partial charge in [-0.2, -0.15) is 0 Å². The van der Waals surface area contributed by atoms with E-state index in [2.05, 4.69) is 4.74 Å². The fraction of sp³-hybridized carbons (Fsp3) is 0.650. The average Bonchev–Trinajstić information content (AvgIpc) is 2.78. The Morgan fingerprint density at radius 3 is 1.39 bits per heavy atom. The number of hydrogen-bond donors (Lipinski definition) is 2. The summed E-state index contributed by atoms with van der Waals surface area (Å²) in [5.74, 6) is -4.06. The van der Waals surface area contributed by atoms with E-state index in [9.17, 15) is 38.5 Å². The van der Waals surface area contributed by atoms with Gasteiger partial charge in [0, 0.05) is 11.1 Å². The highest BCUT2D eigenvalue weighted by atomic mass is 32.3. The van der Waals surface area contributed by atoms with Gasteiger partial charge < -0.3 is 4.74 Å². The van der Waals surface area contributed by atoms with Crippen LogP contribution in [0.25, 0.3) is 0 Å². The molecule has 0 aromatic heterocycles. The number of carbonyl (C=O) groups is 1. The molecule has 0 bridgehead atoms. The first-order chi connectivity index (χ1) is 17.4. The molecule has 0 radical (unpaired) electrons. The molecule has 18 heteroatoms. The second kappa shape index (κ2) is 14.1. The van der Waals surface area contributed by atoms with E-state index in [1.807, 2.05) is 0 Å². The van der Waals surface area contributed by atoms with Crippen molar-refractivity contribution >= 4 is 46.1 Å². The summed E-state index contributed by atoms with van der Waals surface area (Å²) in [5.41, 5.74) is -1.49. The number of benzene rings is 1. The van der Waals surface area contributed by atoms with E-state index in [0.29, 0.717) is 0 Å². The summed E-state index contributed by atoms with van der Waals surface area (Å²) in [4.78, 5) is 12.4. The standard InChI is InChI=1S/C20H32F2N2O10S4/c1-4-11-35(26,27)23-37(30,31)13-9-17(21)15-7-6-8-16(19(15)20(25)34-3)18(22)10-14-38(32,33)24-36(28,29)12-5-2/h6-8,17-18,23-24H,4-5,9-14H2,1-3H3. The molecule has 1 rings (SSSR count). The van der Waals surface area contributed by atoms with Crippen LogP contribution in [0.1, 0.15) is 73.4 Å². The number of carbonyl (C=O) groups excluding carboxylic acids is 1. The Hall–Kier alpha value is -1.73. The SMILES string of the molecule is CCCS(=O)(=O)NS(=O)(=O)CCC(F)c1cccc(C(F)CCS(=O)(=O)NS(=O)(=O)CCC)c1C(=O)OC. The van der Waals surface area contributed by atoms with Gasteiger partial charge in [-0.05, 0) is 25.7 Å². The lowest BCUT2D eigenvalue weighted by atomic mass is 9.93. The molecule has 0 aliphatic carbocycles. The minimum absolute atomic E-state index is 0.141. The highest BCUT2D eigenvalue weighted by molar-refractivity contribution is 8.05. The zero-order chi connectivity index (χ0) is 29.4. The van der Waals surface area contributed by atoms with E-state index in [1.54, 1.807) is 0 Å². The smallest absolute Gasteiger partial charge is 0.338 e. The number of sulfonamides is 4. The number of halogens is 2. The van der Waals surface area contributed by atoms with Crippen molar-refractivity contribution in [1.82, 2.24) is 8.25 Å². The predicted molar refractivity (Wildman–Crippen MR) is 137 cm³/mol. The number of ether oxygens (including phenoxy) is 1. The second-order valence-corrected chi connectivity index (χ2v) is 16.1. The summed E-state index contributed by atoms with van der Waals surface area (Å²) < 4.78 is 133. The number of rotatable bonds is 17. The molecule has 2 atom stereocenters. The quantitative estimate of drug-likeness (QED) is 0.241. The fourth-order valence-electron chi connectivity index (χ4n) is 3.37. The Kier molecular flexibility index (Phi) is 12.7. The maximum atomic E-state index is 15.1. The zero-order valence-electron chi connectivity index (χ0n) is 21.0. The largest absolute Gasteiger partial charge is 0.465 e. The molecule has 0 aliphatic heterocycles. The topological polar surface area (TPSA) is 187 Å². The molecular weight excluding hydrogens is 594 g/mol. The molecular formula is C20H32F2N2O10S4. The fourth-order valence-corrected chi connectivity index (χ4v) is 9.91. The number of esters is 1. The lowest BCUT2D eigenvalue weighted by Crippen LogP contribution is -2.34. The van der Waals surface area contributed by atoms with Gasteiger partial charge in [-0.25, -0.2) is 47.2 Å². The first-order valence-corrected chi connectivity index (χ1v) is 18.0. The minimum atomic E-state index is -4.46. The summed E-state index contributed by atoms with van der Waals surface area (Å²) in [6.07, 6.45) is -5.66. The summed E-state index contributed by atoms with van der Waals surface area (Å²) in [5, 5.41) is 0. The predicted octanol–water partition coefficient (Wildman–Crippen LogP) is 1.59. The van der Waals surface area contributed by atoms with Crippen molar-refractivity contribution in [3.8, 4) is 0 Å². The Labute approximate surface area is 222 Å². The molecule has 0 heterocycles. The van der Waals surface area contributed by atoms with Crippen LogP contribution in [0.3, 0.4) is 0 Å². The number of methoxy groups -OCH3 is 1. The normalized spacial score (nSPS) is 14.7. The Bertz CT molecular complexity index is 1300. The van der Waals surface area contributed by atoms with Gasteiger partial charge >= 0.3 is 5.97 Å². The van der Waals surface area contributed by atoms with E-state index in [-0.39, 0.29) is 12.8 Å². The lowest BCUT2D eigenvalue weighted by molar-refractivity contribution is 0.0593. The van der Waals surface area contributed by atoms with E-state index in [1.165, 1.54) is 22.1 Å². The Balaban J connectivity index is 3.17. The third-order valence-electron chi connectivity index (χ3n) is 4.93. The molecule has 0 saturated heterocycles. The van der Waals surface area contributed by atoms with Crippen molar-refractivity contribution in [2.24, 2.45) is 0 Å². The molecule has 2 unspecified atom stereocenters. The minimum Gasteiger partial charge on any atom is -0.465 e. The molecule has 0 amide bonds. The van der Waals surface area contributed by atoms with Gasteiger partial charge in [-0.1, -0.05) is 32.0 Å². The van der Waals surface area contributed by atoms with Crippen LogP contribution in [0.15, 0.2) is 18.2 Å². The van der Waals surface area contributed by atoms with Crippen LogP contribution in [-0.2, 0) is 44.8 Å². The van der Waals surface area contributed by atoms with Crippen LogP contribution < -0.4 is 8.25 Å². The van der Waals surface area contributed by atoms with E-state index in [4.69, 9.17) is 0 Å². The van der Waals surface area contributed by atoms with Crippen molar-refractivity contribution in [1.29, 1.82) is 0 Å². The Morgan fingerprint density at radius 1 is 0.737 bits per heavy atom. The third kappa shape index (κ3) is 11.2. The maximum absolute atomic E-state index is 15.1. The van der Waals surface area contributed by atoms with Gasteiger partial charge in [-0.15, -0.1) is 8.25 Å². The van der Waals surface area contributed by atoms with Gasteiger partial charge in [-0.3, -0.25) is 0 Å². The van der Waals surface area contributed by atoms with Crippen LogP contribution in [-0.4, -0.2) is 69.8 Å². The van der Waals surface area contributed by atoms with Gasteiger partial charge in [0.2, 0.25) is 40.1 Å². The Morgan fingerprint density at radius 2 is 1.08 bits per heavy atom. The summed E-state index contributed by atoms with van der Waals surface area (Å²) in [7, 11) is -16.3. The average molecular weight is 627 g/mol. The molecule has 0 spiro atoms. The van der Waals surface area contributed by atoms with E-state index >= 15 is 8.78 Å². The van der Waals surface area contributed by atoms with Crippen LogP contribution in [0.5, 0.6) is 0 Å². The molecule has 38 heavy (non-hydrogen) atoms. The molecule has 1 aromatic carbocycles. The number of hydrogen-bond acceptors (Lipinski definition) is 10. The van der Waals surface area contributed by atoms with Crippen molar-refractivity contribution in [2.75, 3.05) is 30.1 Å². The summed E-state index contributed by atoms with van der Waals surface area (Å²) >= 11 is 0. The van der Waals surface area contributed by atoms with Crippen molar-refractivity contribution in [2.45, 2.75) is 51.9 Å². The van der Waals surface area contributed by atoms with Gasteiger partial charge in [0.25, 0.3) is 0 Å². The second-order valence-electron chi connectivity index (χ2n) is 8.26. The molecule has 2 N–H and O–H groups in total. The summed E-state index contributed by atoms with van der Waals surface area (Å²) in [6.45, 7) is 3.03. The molecule has 12 nitrogen and oxygen atoms in total. The van der Waals surface area contributed by atoms with Crippen LogP contribution >= 0.6 is 0 Å². The molecule has 0 fully saturated rings. The highest BCUT2D eigenvalue weighted by Gasteiger charge is 2.30. The monoisotopic (exact) mass is 626 g/mol. The first-order valence-electron chi connectivity index (χ1n) is 11.4. The van der Waals surface area contributed by atoms with Crippen LogP contribution in [0.2, 0.25) is 0 Å². The molecule has 0 aliphatic rings. The van der Waals surface area contributed by atoms with Gasteiger partial charge in [0.15, 0.2) is 0 Å². The highest BCUT2D eigenvalue weighted by Crippen LogP contribution is 2.33.